The van der Waals surface area contributed by atoms with Crippen LogP contribution in [0.15, 0.2) is 24.4 Å². The second-order valence-corrected chi connectivity index (χ2v) is 8.93. The van der Waals surface area contributed by atoms with Crippen LogP contribution in [0.3, 0.4) is 0 Å². The van der Waals surface area contributed by atoms with Crippen molar-refractivity contribution < 1.29 is 8.42 Å². The quantitative estimate of drug-likeness (QED) is 0.824. The number of nitrogens with zero attached hydrogens (tertiary/aromatic N) is 2. The van der Waals surface area contributed by atoms with Gasteiger partial charge in [-0.3, -0.25) is 0 Å². The summed E-state index contributed by atoms with van der Waals surface area (Å²) in [5.74, 6) is 0.498. The Hall–Kier alpha value is -1.37. The molecular formula is C17H22ClN3O2S. The number of nitrogens with one attached hydrogen (secondary N) is 1. The molecule has 2 aromatic rings. The monoisotopic (exact) mass is 367 g/mol. The van der Waals surface area contributed by atoms with Crippen molar-refractivity contribution in [1.29, 1.82) is 0 Å². The largest absolute Gasteiger partial charge is 0.368 e. The van der Waals surface area contributed by atoms with Crippen LogP contribution in [-0.4, -0.2) is 38.3 Å². The fourth-order valence-corrected chi connectivity index (χ4v) is 4.07. The zero-order valence-electron chi connectivity index (χ0n) is 14.1. The Bertz CT molecular complexity index is 862. The molecule has 0 amide bonds. The summed E-state index contributed by atoms with van der Waals surface area (Å²) in [4.78, 5) is 6.40. The predicted molar refractivity (Wildman–Crippen MR) is 99.4 cm³/mol. The van der Waals surface area contributed by atoms with E-state index in [-0.39, 0.29) is 11.8 Å². The summed E-state index contributed by atoms with van der Waals surface area (Å²) < 4.78 is 26.0. The highest BCUT2D eigenvalue weighted by atomic mass is 35.5. The van der Waals surface area contributed by atoms with E-state index in [1.165, 1.54) is 5.56 Å². The number of pyridine rings is 1. The minimum atomic E-state index is -3.16. The Morgan fingerprint density at radius 3 is 2.67 bits per heavy atom. The van der Waals surface area contributed by atoms with Crippen LogP contribution in [0.2, 0.25) is 5.15 Å². The number of hydrogen-bond acceptors (Lipinski definition) is 4. The van der Waals surface area contributed by atoms with E-state index in [0.29, 0.717) is 24.2 Å². The smallest absolute Gasteiger partial charge is 0.211 e. The SMILES string of the molecule is CCS(=O)(=O)NC1CN(c2ccc(C(C)C)c3cc(Cl)ncc23)C1. The van der Waals surface area contributed by atoms with E-state index < -0.39 is 10.0 Å². The van der Waals surface area contributed by atoms with Crippen LogP contribution in [0, 0.1) is 0 Å². The van der Waals surface area contributed by atoms with Gasteiger partial charge in [-0.1, -0.05) is 31.5 Å². The summed E-state index contributed by atoms with van der Waals surface area (Å²) in [7, 11) is -3.16. The van der Waals surface area contributed by atoms with Crippen LogP contribution in [0.1, 0.15) is 32.3 Å². The molecule has 1 aliphatic heterocycles. The molecule has 1 saturated heterocycles. The topological polar surface area (TPSA) is 62.3 Å². The maximum absolute atomic E-state index is 11.7. The third-order valence-corrected chi connectivity index (χ3v) is 6.11. The van der Waals surface area contributed by atoms with E-state index in [1.807, 2.05) is 12.3 Å². The first-order chi connectivity index (χ1) is 11.3. The van der Waals surface area contributed by atoms with E-state index in [9.17, 15) is 8.42 Å². The number of benzene rings is 1. The first-order valence-electron chi connectivity index (χ1n) is 8.14. The molecule has 7 heteroatoms. The second kappa shape index (κ2) is 6.50. The van der Waals surface area contributed by atoms with Gasteiger partial charge in [0.25, 0.3) is 0 Å². The Morgan fingerprint density at radius 2 is 2.04 bits per heavy atom. The average molecular weight is 368 g/mol. The molecule has 1 aromatic carbocycles. The summed E-state index contributed by atoms with van der Waals surface area (Å²) >= 11 is 6.09. The summed E-state index contributed by atoms with van der Waals surface area (Å²) in [6.07, 6.45) is 1.81. The summed E-state index contributed by atoms with van der Waals surface area (Å²) in [5.41, 5.74) is 2.31. The molecule has 1 fully saturated rings. The van der Waals surface area contributed by atoms with Crippen LogP contribution >= 0.6 is 11.6 Å². The van der Waals surface area contributed by atoms with Gasteiger partial charge in [0.1, 0.15) is 5.15 Å². The molecule has 0 saturated carbocycles. The van der Waals surface area contributed by atoms with Gasteiger partial charge in [0.15, 0.2) is 0 Å². The minimum Gasteiger partial charge on any atom is -0.368 e. The lowest BCUT2D eigenvalue weighted by Crippen LogP contribution is -2.59. The van der Waals surface area contributed by atoms with Gasteiger partial charge in [0.05, 0.1) is 11.8 Å². The molecule has 24 heavy (non-hydrogen) atoms. The molecule has 0 bridgehead atoms. The molecule has 130 valence electrons. The first-order valence-corrected chi connectivity index (χ1v) is 10.2. The van der Waals surface area contributed by atoms with Crippen LogP contribution in [-0.2, 0) is 10.0 Å². The van der Waals surface area contributed by atoms with E-state index in [2.05, 4.69) is 40.6 Å². The number of halogens is 1. The van der Waals surface area contributed by atoms with Gasteiger partial charge in [-0.15, -0.1) is 0 Å². The molecule has 3 rings (SSSR count). The van der Waals surface area contributed by atoms with Gasteiger partial charge in [-0.05, 0) is 35.9 Å². The number of aromatic nitrogens is 1. The van der Waals surface area contributed by atoms with E-state index in [1.54, 1.807) is 6.92 Å². The van der Waals surface area contributed by atoms with Crippen molar-refractivity contribution in [2.24, 2.45) is 0 Å². The molecule has 5 nitrogen and oxygen atoms in total. The molecule has 0 atom stereocenters. The highest BCUT2D eigenvalue weighted by Gasteiger charge is 2.31. The third kappa shape index (κ3) is 3.36. The third-order valence-electron chi connectivity index (χ3n) is 4.45. The maximum atomic E-state index is 11.7. The lowest BCUT2D eigenvalue weighted by Gasteiger charge is -2.41. The molecule has 0 spiro atoms. The van der Waals surface area contributed by atoms with Gasteiger partial charge in [-0.2, -0.15) is 0 Å². The second-order valence-electron chi connectivity index (χ2n) is 6.50. The lowest BCUT2D eigenvalue weighted by atomic mass is 9.95. The van der Waals surface area contributed by atoms with Crippen LogP contribution in [0.5, 0.6) is 0 Å². The van der Waals surface area contributed by atoms with Crippen molar-refractivity contribution in [3.05, 3.63) is 35.1 Å². The molecule has 1 N–H and O–H groups in total. The van der Waals surface area contributed by atoms with Crippen LogP contribution in [0.25, 0.3) is 10.8 Å². The number of sulfonamides is 1. The Labute approximate surface area is 148 Å². The predicted octanol–water partition coefficient (Wildman–Crippen LogP) is 3.14. The summed E-state index contributed by atoms with van der Waals surface area (Å²) in [5, 5.41) is 2.65. The molecule has 1 aliphatic rings. The van der Waals surface area contributed by atoms with Gasteiger partial charge in [-0.25, -0.2) is 18.1 Å². The zero-order valence-corrected chi connectivity index (χ0v) is 15.7. The van der Waals surface area contributed by atoms with Crippen molar-refractivity contribution in [1.82, 2.24) is 9.71 Å². The molecule has 0 unspecified atom stereocenters. The molecule has 0 aliphatic carbocycles. The summed E-state index contributed by atoms with van der Waals surface area (Å²) in [6, 6.07) is 6.10. The van der Waals surface area contributed by atoms with Gasteiger partial charge in [0.2, 0.25) is 10.0 Å². The molecule has 1 aromatic heterocycles. The van der Waals surface area contributed by atoms with Crippen molar-refractivity contribution >= 4 is 38.1 Å². The maximum Gasteiger partial charge on any atom is 0.211 e. The lowest BCUT2D eigenvalue weighted by molar-refractivity contribution is 0.470. The Balaban J connectivity index is 1.89. The van der Waals surface area contributed by atoms with Gasteiger partial charge >= 0.3 is 0 Å². The molecular weight excluding hydrogens is 346 g/mol. The minimum absolute atomic E-state index is 0.0324. The fraction of sp³-hybridized carbons (Fsp3) is 0.471. The number of rotatable bonds is 5. The van der Waals surface area contributed by atoms with Gasteiger partial charge in [0, 0.05) is 30.4 Å². The normalized spacial score (nSPS) is 16.0. The first kappa shape index (κ1) is 17.5. The Morgan fingerprint density at radius 1 is 1.33 bits per heavy atom. The highest BCUT2D eigenvalue weighted by Crippen LogP contribution is 2.35. The Kier molecular flexibility index (Phi) is 4.73. The van der Waals surface area contributed by atoms with Gasteiger partial charge < -0.3 is 4.90 Å². The van der Waals surface area contributed by atoms with Crippen LogP contribution < -0.4 is 9.62 Å². The number of anilines is 1. The molecule has 2 heterocycles. The van der Waals surface area contributed by atoms with Crippen molar-refractivity contribution in [2.75, 3.05) is 23.7 Å². The molecule has 0 radical (unpaired) electrons. The summed E-state index contributed by atoms with van der Waals surface area (Å²) in [6.45, 7) is 7.28. The zero-order chi connectivity index (χ0) is 17.5. The standard InChI is InChI=1S/C17H22ClN3O2S/c1-4-24(22,23)20-12-9-21(10-12)16-6-5-13(11(2)3)14-7-17(18)19-8-15(14)16/h5-8,11-12,20H,4,9-10H2,1-3H3. The fourth-order valence-electron chi connectivity index (χ4n) is 3.09. The van der Waals surface area contributed by atoms with Crippen molar-refractivity contribution in [3.63, 3.8) is 0 Å². The van der Waals surface area contributed by atoms with E-state index in [4.69, 9.17) is 11.6 Å². The van der Waals surface area contributed by atoms with Crippen molar-refractivity contribution in [3.8, 4) is 0 Å². The van der Waals surface area contributed by atoms with Crippen LogP contribution in [0.4, 0.5) is 5.69 Å². The highest BCUT2D eigenvalue weighted by molar-refractivity contribution is 7.89. The average Bonchev–Trinajstić information content (AvgIpc) is 2.49. The number of fused-ring (bicyclic) bond motifs is 1. The van der Waals surface area contributed by atoms with E-state index >= 15 is 0 Å². The van der Waals surface area contributed by atoms with Crippen molar-refractivity contribution in [2.45, 2.75) is 32.7 Å². The van der Waals surface area contributed by atoms with E-state index in [0.717, 1.165) is 16.5 Å². The number of hydrogen-bond donors (Lipinski definition) is 1.